The molecule has 1 heterocycles. The van der Waals surface area contributed by atoms with Gasteiger partial charge in [0.05, 0.1) is 16.9 Å². The van der Waals surface area contributed by atoms with Crippen LogP contribution >= 0.6 is 22.6 Å². The van der Waals surface area contributed by atoms with Gasteiger partial charge >= 0.3 is 0 Å². The molecule has 0 saturated carbocycles. The number of anilines is 3. The third-order valence-corrected chi connectivity index (χ3v) is 5.85. The molecule has 0 aliphatic carbocycles. The molecule has 32 heavy (non-hydrogen) atoms. The Morgan fingerprint density at radius 1 is 1.00 bits per heavy atom. The second-order valence-corrected chi connectivity index (χ2v) is 8.75. The molecule has 0 aromatic heterocycles. The van der Waals surface area contributed by atoms with Crippen molar-refractivity contribution in [2.75, 3.05) is 30.3 Å². The molecule has 2 N–H and O–H groups in total. The quantitative estimate of drug-likeness (QED) is 0.300. The molecule has 3 aromatic carbocycles. The lowest BCUT2D eigenvalue weighted by atomic mass is 9.98. The molecule has 0 unspecified atom stereocenters. The van der Waals surface area contributed by atoms with E-state index in [2.05, 4.69) is 10.6 Å². The monoisotopic (exact) mass is 555 g/mol. The van der Waals surface area contributed by atoms with E-state index >= 15 is 0 Å². The molecule has 3 aromatic rings. The summed E-state index contributed by atoms with van der Waals surface area (Å²) < 4.78 is 56.5. The van der Waals surface area contributed by atoms with Crippen LogP contribution in [-0.4, -0.2) is 30.4 Å². The predicted octanol–water partition coefficient (Wildman–Crippen LogP) is 5.78. The van der Waals surface area contributed by atoms with Crippen molar-refractivity contribution in [3.05, 3.63) is 87.0 Å². The van der Waals surface area contributed by atoms with Gasteiger partial charge in [-0.1, -0.05) is 6.07 Å². The summed E-state index contributed by atoms with van der Waals surface area (Å²) in [7, 11) is 0. The predicted molar refractivity (Wildman–Crippen MR) is 123 cm³/mol. The van der Waals surface area contributed by atoms with Crippen molar-refractivity contribution in [3.63, 3.8) is 0 Å². The van der Waals surface area contributed by atoms with Crippen LogP contribution in [0.4, 0.5) is 34.6 Å². The molecule has 4 nitrogen and oxygen atoms in total. The molecule has 4 rings (SSSR count). The number of nitrogens with one attached hydrogen (secondary N) is 2. The summed E-state index contributed by atoms with van der Waals surface area (Å²) in [6, 6.07) is 12.4. The van der Waals surface area contributed by atoms with Crippen LogP contribution in [0.5, 0.6) is 0 Å². The number of amides is 1. The number of benzene rings is 3. The zero-order valence-corrected chi connectivity index (χ0v) is 18.8. The highest BCUT2D eigenvalue weighted by atomic mass is 127. The molecule has 166 valence electrons. The minimum Gasteiger partial charge on any atom is -0.385 e. The lowest BCUT2D eigenvalue weighted by molar-refractivity contribution is 0.0522. The van der Waals surface area contributed by atoms with E-state index in [4.69, 9.17) is 0 Å². The molecular weight excluding hydrogens is 537 g/mol. The van der Waals surface area contributed by atoms with Crippen LogP contribution in [0.15, 0.2) is 54.6 Å². The Balaban J connectivity index is 1.45. The number of likely N-dealkylation sites (tertiary alicyclic amines) is 1. The normalized spacial score (nSPS) is 13.6. The highest BCUT2D eigenvalue weighted by Gasteiger charge is 2.33. The number of carbonyl (C=O) groups is 1. The molecule has 1 amide bonds. The number of halogens is 5. The first-order valence-corrected chi connectivity index (χ1v) is 10.9. The molecule has 0 radical (unpaired) electrons. The van der Waals surface area contributed by atoms with E-state index in [1.54, 1.807) is 18.2 Å². The Hall–Kier alpha value is -2.82. The minimum absolute atomic E-state index is 0.0651. The number of carbonyl (C=O) groups excluding carboxylic acids is 1. The van der Waals surface area contributed by atoms with Crippen LogP contribution in [0.25, 0.3) is 0 Å². The Kier molecular flexibility index (Phi) is 6.54. The van der Waals surface area contributed by atoms with Gasteiger partial charge in [-0.05, 0) is 71.1 Å². The van der Waals surface area contributed by atoms with Gasteiger partial charge in [0.25, 0.3) is 5.91 Å². The van der Waals surface area contributed by atoms with Gasteiger partial charge in [-0.3, -0.25) is 4.79 Å². The second-order valence-electron chi connectivity index (χ2n) is 7.50. The van der Waals surface area contributed by atoms with Crippen LogP contribution in [0, 0.1) is 32.8 Å². The average molecular weight is 555 g/mol. The van der Waals surface area contributed by atoms with E-state index in [1.165, 1.54) is 35.2 Å². The highest BCUT2D eigenvalue weighted by Crippen LogP contribution is 2.31. The lowest BCUT2D eigenvalue weighted by Crippen LogP contribution is -2.52. The van der Waals surface area contributed by atoms with Crippen molar-refractivity contribution in [2.45, 2.75) is 0 Å². The number of nitrogens with zero attached hydrogens (tertiary/aromatic N) is 1. The SMILES string of the molecule is O=C(c1ccc(F)c(F)c1Nc1ccc(I)cc1F)N1CC(CNc2cccc(F)c2)C1. The molecular formula is C23H18F4IN3O. The van der Waals surface area contributed by atoms with E-state index in [9.17, 15) is 22.4 Å². The largest absolute Gasteiger partial charge is 0.385 e. The molecule has 0 bridgehead atoms. The Morgan fingerprint density at radius 2 is 1.78 bits per heavy atom. The van der Waals surface area contributed by atoms with Crippen molar-refractivity contribution >= 4 is 45.6 Å². The lowest BCUT2D eigenvalue weighted by Gasteiger charge is -2.39. The fourth-order valence-corrected chi connectivity index (χ4v) is 3.93. The first kappa shape index (κ1) is 22.4. The van der Waals surface area contributed by atoms with Crippen molar-refractivity contribution < 1.29 is 22.4 Å². The van der Waals surface area contributed by atoms with Crippen LogP contribution in [0.1, 0.15) is 10.4 Å². The number of rotatable bonds is 6. The Bertz CT molecular complexity index is 1170. The van der Waals surface area contributed by atoms with Crippen LogP contribution < -0.4 is 10.6 Å². The third kappa shape index (κ3) is 4.82. The summed E-state index contributed by atoms with van der Waals surface area (Å²) in [6.07, 6.45) is 0. The zero-order chi connectivity index (χ0) is 22.8. The maximum absolute atomic E-state index is 14.5. The standard InChI is InChI=1S/C23H18F4IN3O/c24-14-2-1-3-16(8-14)29-10-13-11-31(12-13)23(32)17-5-6-18(25)21(27)22(17)30-20-7-4-15(28)9-19(20)26/h1-9,13,29-30H,10-12H2. The van der Waals surface area contributed by atoms with Crippen LogP contribution in [0.3, 0.4) is 0 Å². The second kappa shape index (κ2) is 9.35. The summed E-state index contributed by atoms with van der Waals surface area (Å²) in [5.41, 5.74) is 0.0843. The van der Waals surface area contributed by atoms with Gasteiger partial charge in [-0.25, -0.2) is 17.6 Å². The van der Waals surface area contributed by atoms with E-state index in [1.807, 2.05) is 22.6 Å². The van der Waals surface area contributed by atoms with Gasteiger partial charge in [-0.2, -0.15) is 0 Å². The van der Waals surface area contributed by atoms with E-state index in [-0.39, 0.29) is 23.0 Å². The maximum atomic E-state index is 14.5. The summed E-state index contributed by atoms with van der Waals surface area (Å²) in [5.74, 6) is -3.75. The first-order chi connectivity index (χ1) is 15.3. The summed E-state index contributed by atoms with van der Waals surface area (Å²) in [5, 5.41) is 5.65. The molecule has 0 spiro atoms. The Labute approximate surface area is 195 Å². The van der Waals surface area contributed by atoms with Gasteiger partial charge in [0.1, 0.15) is 11.6 Å². The van der Waals surface area contributed by atoms with Crippen LogP contribution in [-0.2, 0) is 0 Å². The van der Waals surface area contributed by atoms with Crippen molar-refractivity contribution in [1.82, 2.24) is 4.90 Å². The fourth-order valence-electron chi connectivity index (χ4n) is 3.47. The molecule has 1 aliphatic heterocycles. The third-order valence-electron chi connectivity index (χ3n) is 5.18. The average Bonchev–Trinajstić information content (AvgIpc) is 2.72. The fraction of sp³-hybridized carbons (Fsp3) is 0.174. The highest BCUT2D eigenvalue weighted by molar-refractivity contribution is 14.1. The molecule has 1 aliphatic rings. The molecule has 1 saturated heterocycles. The number of hydrogen-bond acceptors (Lipinski definition) is 3. The molecule has 9 heteroatoms. The Morgan fingerprint density at radius 3 is 2.50 bits per heavy atom. The van der Waals surface area contributed by atoms with Gasteiger partial charge < -0.3 is 15.5 Å². The van der Waals surface area contributed by atoms with E-state index < -0.39 is 29.0 Å². The zero-order valence-electron chi connectivity index (χ0n) is 16.6. The first-order valence-electron chi connectivity index (χ1n) is 9.80. The summed E-state index contributed by atoms with van der Waals surface area (Å²) >= 11 is 1.93. The van der Waals surface area contributed by atoms with Crippen molar-refractivity contribution in [2.24, 2.45) is 5.92 Å². The van der Waals surface area contributed by atoms with E-state index in [0.29, 0.717) is 28.9 Å². The minimum atomic E-state index is -1.25. The van der Waals surface area contributed by atoms with Gasteiger partial charge in [0.15, 0.2) is 11.6 Å². The van der Waals surface area contributed by atoms with Gasteiger partial charge in [0, 0.05) is 34.8 Å². The van der Waals surface area contributed by atoms with Crippen LogP contribution in [0.2, 0.25) is 0 Å². The smallest absolute Gasteiger partial charge is 0.256 e. The topological polar surface area (TPSA) is 44.4 Å². The molecule has 1 fully saturated rings. The summed E-state index contributed by atoms with van der Waals surface area (Å²) in [4.78, 5) is 14.4. The maximum Gasteiger partial charge on any atom is 0.256 e. The number of hydrogen-bond donors (Lipinski definition) is 2. The van der Waals surface area contributed by atoms with Gasteiger partial charge in [-0.15, -0.1) is 0 Å². The van der Waals surface area contributed by atoms with Crippen molar-refractivity contribution in [1.29, 1.82) is 0 Å². The summed E-state index contributed by atoms with van der Waals surface area (Å²) in [6.45, 7) is 1.33. The van der Waals surface area contributed by atoms with Gasteiger partial charge in [0.2, 0.25) is 0 Å². The van der Waals surface area contributed by atoms with Crippen molar-refractivity contribution in [3.8, 4) is 0 Å². The molecule has 0 atom stereocenters. The van der Waals surface area contributed by atoms with E-state index in [0.717, 1.165) is 6.07 Å².